The smallest absolute Gasteiger partial charge is 0.241 e. The van der Waals surface area contributed by atoms with Gasteiger partial charge in [-0.05, 0) is 37.3 Å². The molecule has 1 aliphatic heterocycles. The molecule has 1 aromatic heterocycles. The van der Waals surface area contributed by atoms with E-state index in [1.54, 1.807) is 24.4 Å². The molecule has 1 atom stereocenters. The maximum absolute atomic E-state index is 12.5. The lowest BCUT2D eigenvalue weighted by molar-refractivity contribution is -0.120. The Morgan fingerprint density at radius 2 is 1.80 bits per heavy atom. The Morgan fingerprint density at radius 3 is 2.40 bits per heavy atom. The van der Waals surface area contributed by atoms with Crippen molar-refractivity contribution in [1.82, 2.24) is 9.88 Å². The summed E-state index contributed by atoms with van der Waals surface area (Å²) in [7, 11) is 0. The number of aromatic nitrogens is 1. The van der Waals surface area contributed by atoms with Crippen LogP contribution in [0.1, 0.15) is 6.92 Å². The van der Waals surface area contributed by atoms with Gasteiger partial charge in [0.1, 0.15) is 5.82 Å². The van der Waals surface area contributed by atoms with Gasteiger partial charge in [0.15, 0.2) is 0 Å². The molecule has 5 nitrogen and oxygen atoms in total. The molecule has 0 saturated carbocycles. The highest BCUT2D eigenvalue weighted by Gasteiger charge is 2.26. The third-order valence-corrected chi connectivity index (χ3v) is 4.78. The van der Waals surface area contributed by atoms with Crippen LogP contribution < -0.4 is 10.2 Å². The van der Waals surface area contributed by atoms with E-state index in [0.29, 0.717) is 15.7 Å². The van der Waals surface area contributed by atoms with Crippen LogP contribution in [0.2, 0.25) is 10.0 Å². The lowest BCUT2D eigenvalue weighted by atomic mass is 10.2. The highest BCUT2D eigenvalue weighted by Crippen LogP contribution is 2.23. The summed E-state index contributed by atoms with van der Waals surface area (Å²) in [5.74, 6) is 0.914. The van der Waals surface area contributed by atoms with Crippen LogP contribution in [-0.4, -0.2) is 48.0 Å². The van der Waals surface area contributed by atoms with Gasteiger partial charge < -0.3 is 10.2 Å². The van der Waals surface area contributed by atoms with Crippen molar-refractivity contribution in [2.24, 2.45) is 0 Å². The summed E-state index contributed by atoms with van der Waals surface area (Å²) in [6.07, 6.45) is 1.80. The number of piperazine rings is 1. The Morgan fingerprint density at radius 1 is 1.12 bits per heavy atom. The fourth-order valence-electron chi connectivity index (χ4n) is 2.92. The fraction of sp³-hybridized carbons (Fsp3) is 0.333. The number of pyridine rings is 1. The van der Waals surface area contributed by atoms with Crippen LogP contribution in [0.4, 0.5) is 11.5 Å². The van der Waals surface area contributed by atoms with Gasteiger partial charge in [-0.3, -0.25) is 9.69 Å². The fourth-order valence-corrected chi connectivity index (χ4v) is 3.44. The number of hydrogen-bond acceptors (Lipinski definition) is 4. The molecule has 1 saturated heterocycles. The van der Waals surface area contributed by atoms with Gasteiger partial charge in [0.05, 0.1) is 6.04 Å². The van der Waals surface area contributed by atoms with Crippen molar-refractivity contribution in [2.45, 2.75) is 13.0 Å². The summed E-state index contributed by atoms with van der Waals surface area (Å²) in [6.45, 7) is 5.22. The van der Waals surface area contributed by atoms with Gasteiger partial charge >= 0.3 is 0 Å². The molecule has 1 N–H and O–H groups in total. The van der Waals surface area contributed by atoms with Gasteiger partial charge in [0, 0.05) is 48.1 Å². The van der Waals surface area contributed by atoms with Crippen molar-refractivity contribution in [2.75, 3.05) is 36.4 Å². The molecule has 0 spiro atoms. The Kier molecular flexibility index (Phi) is 5.78. The highest BCUT2D eigenvalue weighted by molar-refractivity contribution is 6.35. The summed E-state index contributed by atoms with van der Waals surface area (Å²) in [4.78, 5) is 21.3. The van der Waals surface area contributed by atoms with E-state index in [2.05, 4.69) is 20.1 Å². The monoisotopic (exact) mass is 378 g/mol. The average Bonchev–Trinajstić information content (AvgIpc) is 2.61. The van der Waals surface area contributed by atoms with E-state index in [4.69, 9.17) is 23.2 Å². The van der Waals surface area contributed by atoms with E-state index in [-0.39, 0.29) is 11.9 Å². The van der Waals surface area contributed by atoms with Gasteiger partial charge in [-0.1, -0.05) is 29.3 Å². The summed E-state index contributed by atoms with van der Waals surface area (Å²) in [5.41, 5.74) is 0.612. The van der Waals surface area contributed by atoms with Crippen LogP contribution in [0.15, 0.2) is 42.6 Å². The highest BCUT2D eigenvalue weighted by atomic mass is 35.5. The van der Waals surface area contributed by atoms with E-state index in [1.165, 1.54) is 0 Å². The van der Waals surface area contributed by atoms with Crippen LogP contribution in [0, 0.1) is 0 Å². The standard InChI is InChI=1S/C18H20Cl2N4O/c1-13(18(25)22-16-11-14(19)10-15(20)12-16)23-6-8-24(9-7-23)17-4-2-3-5-21-17/h2-5,10-13H,6-9H2,1H3,(H,22,25)/t13-/m0/s1. The van der Waals surface area contributed by atoms with Crippen molar-refractivity contribution in [3.8, 4) is 0 Å². The molecule has 2 aromatic rings. The summed E-state index contributed by atoms with van der Waals surface area (Å²) < 4.78 is 0. The molecule has 2 heterocycles. The molecular formula is C18H20Cl2N4O. The van der Waals surface area contributed by atoms with E-state index < -0.39 is 0 Å². The first kappa shape index (κ1) is 18.0. The minimum absolute atomic E-state index is 0.0652. The van der Waals surface area contributed by atoms with Crippen molar-refractivity contribution in [3.05, 3.63) is 52.6 Å². The molecule has 1 fully saturated rings. The number of amides is 1. The molecule has 25 heavy (non-hydrogen) atoms. The number of rotatable bonds is 4. The summed E-state index contributed by atoms with van der Waals surface area (Å²) in [5, 5.41) is 3.89. The predicted octanol–water partition coefficient (Wildman–Crippen LogP) is 3.54. The predicted molar refractivity (Wildman–Crippen MR) is 103 cm³/mol. The Labute approximate surface area is 157 Å². The molecule has 1 aromatic carbocycles. The largest absolute Gasteiger partial charge is 0.354 e. The van der Waals surface area contributed by atoms with Crippen molar-refractivity contribution < 1.29 is 4.79 Å². The molecule has 0 radical (unpaired) electrons. The molecule has 0 aliphatic carbocycles. The maximum atomic E-state index is 12.5. The topological polar surface area (TPSA) is 48.5 Å². The molecule has 3 rings (SSSR count). The zero-order chi connectivity index (χ0) is 17.8. The second-order valence-corrected chi connectivity index (χ2v) is 6.91. The van der Waals surface area contributed by atoms with Crippen molar-refractivity contribution in [1.29, 1.82) is 0 Å². The molecule has 0 bridgehead atoms. The molecular weight excluding hydrogens is 359 g/mol. The number of halogens is 2. The number of carbonyl (C=O) groups excluding carboxylic acids is 1. The average molecular weight is 379 g/mol. The molecule has 7 heteroatoms. The first-order chi connectivity index (χ1) is 12.0. The van der Waals surface area contributed by atoms with E-state index in [1.807, 2.05) is 25.1 Å². The first-order valence-corrected chi connectivity index (χ1v) is 8.95. The van der Waals surface area contributed by atoms with Crippen LogP contribution >= 0.6 is 23.2 Å². The van der Waals surface area contributed by atoms with Gasteiger partial charge in [-0.25, -0.2) is 4.98 Å². The van der Waals surface area contributed by atoms with E-state index in [9.17, 15) is 4.79 Å². The molecule has 0 unspecified atom stereocenters. The van der Waals surface area contributed by atoms with Gasteiger partial charge in [-0.2, -0.15) is 0 Å². The van der Waals surface area contributed by atoms with Crippen LogP contribution in [0.25, 0.3) is 0 Å². The van der Waals surface area contributed by atoms with Crippen LogP contribution in [-0.2, 0) is 4.79 Å². The second-order valence-electron chi connectivity index (χ2n) is 6.03. The number of carbonyl (C=O) groups is 1. The molecule has 1 amide bonds. The molecule has 1 aliphatic rings. The Balaban J connectivity index is 1.56. The number of nitrogens with zero attached hydrogens (tertiary/aromatic N) is 3. The lowest BCUT2D eigenvalue weighted by Crippen LogP contribution is -2.53. The van der Waals surface area contributed by atoms with Gasteiger partial charge in [0.2, 0.25) is 5.91 Å². The number of anilines is 2. The normalized spacial score (nSPS) is 16.5. The minimum atomic E-state index is -0.233. The Bertz CT molecular complexity index is 713. The Hall–Kier alpha value is -1.82. The van der Waals surface area contributed by atoms with Crippen LogP contribution in [0.5, 0.6) is 0 Å². The minimum Gasteiger partial charge on any atom is -0.354 e. The van der Waals surface area contributed by atoms with E-state index in [0.717, 1.165) is 32.0 Å². The van der Waals surface area contributed by atoms with E-state index >= 15 is 0 Å². The maximum Gasteiger partial charge on any atom is 0.241 e. The second kappa shape index (κ2) is 8.04. The van der Waals surface area contributed by atoms with Gasteiger partial charge in [-0.15, -0.1) is 0 Å². The summed E-state index contributed by atoms with van der Waals surface area (Å²) in [6, 6.07) is 10.7. The number of hydrogen-bond donors (Lipinski definition) is 1. The third-order valence-electron chi connectivity index (χ3n) is 4.34. The van der Waals surface area contributed by atoms with Crippen LogP contribution in [0.3, 0.4) is 0 Å². The van der Waals surface area contributed by atoms with Gasteiger partial charge in [0.25, 0.3) is 0 Å². The van der Waals surface area contributed by atoms with Crippen molar-refractivity contribution in [3.63, 3.8) is 0 Å². The quantitative estimate of drug-likeness (QED) is 0.883. The zero-order valence-corrected chi connectivity index (χ0v) is 15.5. The van der Waals surface area contributed by atoms with Crippen molar-refractivity contribution >= 4 is 40.6 Å². The number of benzene rings is 1. The first-order valence-electron chi connectivity index (χ1n) is 8.20. The lowest BCUT2D eigenvalue weighted by Gasteiger charge is -2.37. The number of nitrogens with one attached hydrogen (secondary N) is 1. The summed E-state index contributed by atoms with van der Waals surface area (Å²) >= 11 is 12.0. The third kappa shape index (κ3) is 4.63. The zero-order valence-electron chi connectivity index (χ0n) is 14.0. The molecule has 132 valence electrons. The SMILES string of the molecule is C[C@@H](C(=O)Nc1cc(Cl)cc(Cl)c1)N1CCN(c2ccccn2)CC1.